The zero-order chi connectivity index (χ0) is 35.9. The average molecular weight is 836 g/mol. The van der Waals surface area contributed by atoms with E-state index in [2.05, 4.69) is 23.7 Å². The van der Waals surface area contributed by atoms with Crippen LogP contribution in [0.3, 0.4) is 0 Å². The number of hydrogen-bond acceptors (Lipinski definition) is 6. The van der Waals surface area contributed by atoms with Crippen LogP contribution in [0.5, 0.6) is 0 Å². The molecule has 0 bridgehead atoms. The quantitative estimate of drug-likeness (QED) is 0.0348. The Labute approximate surface area is 316 Å². The zero-order valence-electron chi connectivity index (χ0n) is 33.4. The molecule has 0 amide bonds. The molecule has 4 nitrogen and oxygen atoms in total. The topological polar surface area (TPSA) is 52.6 Å². The third-order valence-corrected chi connectivity index (χ3v) is 31.8. The number of carbonyl (C=O) groups excluding carboxylic acids is 2. The Hall–Kier alpha value is 0.439. The van der Waals surface area contributed by atoms with Crippen molar-refractivity contribution in [2.24, 2.45) is 0 Å². The first-order valence-corrected chi connectivity index (χ1v) is 36.2. The predicted molar refractivity (Wildman–Crippen MR) is 223 cm³/mol. The van der Waals surface area contributed by atoms with Gasteiger partial charge in [-0.1, -0.05) is 129 Å². The van der Waals surface area contributed by atoms with Gasteiger partial charge in [0.25, 0.3) is 0 Å². The van der Waals surface area contributed by atoms with Crippen LogP contribution >= 0.6 is 17.9 Å². The van der Waals surface area contributed by atoms with Crippen molar-refractivity contribution in [3.05, 3.63) is 0 Å². The van der Waals surface area contributed by atoms with Gasteiger partial charge in [0.15, 0.2) is 0 Å². The molecule has 0 rings (SSSR count). The number of ether oxygens (including phenoxy) is 2. The zero-order valence-corrected chi connectivity index (χ0v) is 37.9. The standard InChI is InChI=1S/2C20H40O2S.2CH3.Sn/c2*1-2-3-4-5-6-7-8-9-10-11-12-13-14-15-16-17-20(21)22-18-19-23;;;/h2*23H,2-19H2,1H3;2*1H3;/q;;;;+2/p-2. The van der Waals surface area contributed by atoms with Crippen molar-refractivity contribution in [1.29, 1.82) is 0 Å². The molecular formula is C42H84O4S2Sn. The summed E-state index contributed by atoms with van der Waals surface area (Å²) in [7, 11) is 4.03. The number of esters is 2. The van der Waals surface area contributed by atoms with Gasteiger partial charge in [0.1, 0.15) is 0 Å². The fourth-order valence-electron chi connectivity index (χ4n) is 6.35. The van der Waals surface area contributed by atoms with Gasteiger partial charge in [-0.3, -0.25) is 0 Å². The van der Waals surface area contributed by atoms with E-state index in [4.69, 9.17) is 9.47 Å². The monoisotopic (exact) mass is 836 g/mol. The molecule has 0 fully saturated rings. The Morgan fingerprint density at radius 2 is 0.612 bits per heavy atom. The number of rotatable bonds is 40. The minimum absolute atomic E-state index is 0.0306. The van der Waals surface area contributed by atoms with Crippen LogP contribution in [0.15, 0.2) is 0 Å². The van der Waals surface area contributed by atoms with Crippen molar-refractivity contribution in [1.82, 2.24) is 0 Å². The van der Waals surface area contributed by atoms with E-state index in [0.717, 1.165) is 37.2 Å². The molecule has 0 aromatic heterocycles. The van der Waals surface area contributed by atoms with Crippen molar-refractivity contribution in [3.8, 4) is 0 Å². The van der Waals surface area contributed by atoms with Crippen LogP contribution in [0, 0.1) is 0 Å². The summed E-state index contributed by atoms with van der Waals surface area (Å²) >= 11 is -2.31. The summed E-state index contributed by atoms with van der Waals surface area (Å²) in [6.07, 6.45) is 41.3. The summed E-state index contributed by atoms with van der Waals surface area (Å²) in [6.45, 7) is 5.62. The molecule has 49 heavy (non-hydrogen) atoms. The second kappa shape index (κ2) is 39.6. The van der Waals surface area contributed by atoms with Crippen LogP contribution in [0.4, 0.5) is 0 Å². The van der Waals surface area contributed by atoms with E-state index in [1.165, 1.54) is 167 Å². The molecular weight excluding hydrogens is 751 g/mol. The summed E-state index contributed by atoms with van der Waals surface area (Å²) in [5.74, 6) is 1.72. The Morgan fingerprint density at radius 1 is 0.388 bits per heavy atom. The third kappa shape index (κ3) is 41.1. The minimum Gasteiger partial charge on any atom is -0.0654 e. The second-order valence-electron chi connectivity index (χ2n) is 14.9. The Bertz CT molecular complexity index is 650. The van der Waals surface area contributed by atoms with Gasteiger partial charge in [0.2, 0.25) is 0 Å². The third-order valence-electron chi connectivity index (χ3n) is 9.56. The molecule has 7 heteroatoms. The Kier molecular flexibility index (Phi) is 40.0. The molecule has 0 saturated carbocycles. The van der Waals surface area contributed by atoms with Crippen LogP contribution in [0.25, 0.3) is 0 Å². The molecule has 0 aliphatic carbocycles. The van der Waals surface area contributed by atoms with Crippen molar-refractivity contribution in [3.63, 3.8) is 0 Å². The van der Waals surface area contributed by atoms with E-state index >= 15 is 0 Å². The fourth-order valence-corrected chi connectivity index (χ4v) is 23.3. The van der Waals surface area contributed by atoms with Gasteiger partial charge in [-0.05, 0) is 0 Å². The van der Waals surface area contributed by atoms with Gasteiger partial charge in [0.05, 0.1) is 0 Å². The molecule has 0 saturated heterocycles. The second-order valence-corrected chi connectivity index (χ2v) is 44.7. The molecule has 0 aromatic carbocycles. The maximum atomic E-state index is 12.1. The van der Waals surface area contributed by atoms with Gasteiger partial charge in [-0.2, -0.15) is 0 Å². The summed E-state index contributed by atoms with van der Waals surface area (Å²) < 4.78 is 11.0. The van der Waals surface area contributed by atoms with E-state index < -0.39 is 15.6 Å². The number of carbonyl (C=O) groups is 2. The van der Waals surface area contributed by atoms with Gasteiger partial charge in [-0.15, -0.1) is 0 Å². The maximum absolute atomic E-state index is 12.1. The summed E-state index contributed by atoms with van der Waals surface area (Å²) in [5.41, 5.74) is 0. The molecule has 0 atom stereocenters. The van der Waals surface area contributed by atoms with Crippen molar-refractivity contribution >= 4 is 45.4 Å². The Balaban J connectivity index is 3.45. The normalized spacial score (nSPS) is 11.7. The number of unbranched alkanes of at least 4 members (excludes halogenated alkanes) is 28. The van der Waals surface area contributed by atoms with Gasteiger partial charge >= 0.3 is 189 Å². The van der Waals surface area contributed by atoms with E-state index in [0.29, 0.717) is 26.1 Å². The SMILES string of the molecule is CCCCCCCCCCCCCCCCCC(=O)OCC[S][Sn]([CH3])([CH3])[S]CCOC(=O)CCCCCCCCCCCCCCCCC. The van der Waals surface area contributed by atoms with E-state index in [1.54, 1.807) is 0 Å². The number of hydrogen-bond donors (Lipinski definition) is 0. The smallest absolute Gasteiger partial charge is 0.0654 e. The summed E-state index contributed by atoms with van der Waals surface area (Å²) in [6, 6.07) is 0. The van der Waals surface area contributed by atoms with Gasteiger partial charge < -0.3 is 0 Å². The van der Waals surface area contributed by atoms with Crippen LogP contribution in [-0.2, 0) is 19.1 Å². The van der Waals surface area contributed by atoms with Gasteiger partial charge in [0, 0.05) is 0 Å². The van der Waals surface area contributed by atoms with Crippen LogP contribution < -0.4 is 0 Å². The van der Waals surface area contributed by atoms with E-state index in [9.17, 15) is 9.59 Å². The van der Waals surface area contributed by atoms with Gasteiger partial charge in [-0.25, -0.2) is 0 Å². The van der Waals surface area contributed by atoms with E-state index in [-0.39, 0.29) is 11.9 Å². The molecule has 0 heterocycles. The molecule has 0 radical (unpaired) electrons. The average Bonchev–Trinajstić information content (AvgIpc) is 3.08. The summed E-state index contributed by atoms with van der Waals surface area (Å²) in [4.78, 5) is 29.1. The molecule has 0 N–H and O–H groups in total. The predicted octanol–water partition coefficient (Wildman–Crippen LogP) is 14.8. The van der Waals surface area contributed by atoms with Crippen LogP contribution in [0.2, 0.25) is 9.88 Å². The Morgan fingerprint density at radius 3 is 0.857 bits per heavy atom. The minimum atomic E-state index is -2.31. The fraction of sp³-hybridized carbons (Fsp3) is 0.952. The van der Waals surface area contributed by atoms with Crippen molar-refractivity contribution < 1.29 is 19.1 Å². The first kappa shape index (κ1) is 49.4. The van der Waals surface area contributed by atoms with Crippen LogP contribution in [0.1, 0.15) is 219 Å². The molecule has 0 aliphatic heterocycles. The first-order valence-electron chi connectivity index (χ1n) is 21.5. The van der Waals surface area contributed by atoms with E-state index in [1.807, 2.05) is 17.9 Å². The molecule has 0 spiro atoms. The molecule has 292 valence electrons. The molecule has 0 aromatic rings. The molecule has 0 aliphatic rings. The van der Waals surface area contributed by atoms with Crippen LogP contribution in [-0.4, -0.2) is 52.3 Å². The summed E-state index contributed by atoms with van der Waals surface area (Å²) in [5, 5.41) is 0. The molecule has 0 unspecified atom stereocenters. The first-order chi connectivity index (χ1) is 23.9. The van der Waals surface area contributed by atoms with Crippen molar-refractivity contribution in [2.75, 3.05) is 24.7 Å². The van der Waals surface area contributed by atoms with Crippen molar-refractivity contribution in [2.45, 2.75) is 229 Å².